The molecule has 15 rings (SSSR count). The number of hydrogen-bond acceptors (Lipinski definition) is 4. The van der Waals surface area contributed by atoms with Gasteiger partial charge in [-0.3, -0.25) is 0 Å². The summed E-state index contributed by atoms with van der Waals surface area (Å²) in [5.41, 5.74) is 18.0. The fourth-order valence-corrected chi connectivity index (χ4v) is 12.5. The summed E-state index contributed by atoms with van der Waals surface area (Å²) in [5.74, 6) is 0. The van der Waals surface area contributed by atoms with Crippen LogP contribution in [0.4, 0.5) is 34.1 Å². The molecule has 0 fully saturated rings. The molecule has 348 valence electrons. The molecule has 4 aromatic heterocycles. The smallest absolute Gasteiger partial charge is 0.159 e. The van der Waals surface area contributed by atoms with Gasteiger partial charge in [0.2, 0.25) is 0 Å². The van der Waals surface area contributed by atoms with Gasteiger partial charge in [-0.25, -0.2) is 0 Å². The maximum absolute atomic E-state index is 8.38. The lowest BCUT2D eigenvalue weighted by molar-refractivity contribution is 0.665. The molecule has 73 heavy (non-hydrogen) atoms. The van der Waals surface area contributed by atoms with Gasteiger partial charge in [0.25, 0.3) is 0 Å². The van der Waals surface area contributed by atoms with Crippen LogP contribution >= 0.6 is 0 Å². The van der Waals surface area contributed by atoms with Crippen molar-refractivity contribution in [1.29, 1.82) is 0 Å². The number of aryl methyl sites for hydroxylation is 6. The van der Waals surface area contributed by atoms with Crippen LogP contribution in [0.1, 0.15) is 37.5 Å². The van der Waals surface area contributed by atoms with Crippen LogP contribution in [0.5, 0.6) is 0 Å². The lowest BCUT2D eigenvalue weighted by atomic mass is 9.98. The molecule has 0 amide bonds. The van der Waals surface area contributed by atoms with Crippen LogP contribution < -0.4 is 9.80 Å². The topological polar surface area (TPSA) is 37.2 Å². The van der Waals surface area contributed by atoms with Gasteiger partial charge >= 0.3 is 0 Å². The van der Waals surface area contributed by atoms with Crippen molar-refractivity contribution in [2.75, 3.05) is 9.80 Å². The second kappa shape index (κ2) is 15.2. The minimum atomic E-state index is -2.34. The van der Waals surface area contributed by atoms with Crippen LogP contribution in [0.2, 0.25) is 0 Å². The molecule has 0 aliphatic rings. The Morgan fingerprint density at radius 1 is 0.356 bits per heavy atom. The largest absolute Gasteiger partial charge is 0.454 e. The van der Waals surface area contributed by atoms with E-state index in [1.54, 1.807) is 6.07 Å². The Bertz CT molecular complexity index is 4920. The maximum Gasteiger partial charge on any atom is 0.159 e. The van der Waals surface area contributed by atoms with Crippen molar-refractivity contribution in [2.45, 2.75) is 41.5 Å². The van der Waals surface area contributed by atoms with E-state index in [0.717, 1.165) is 105 Å². The Hall–Kier alpha value is -9.06. The first-order valence-electron chi connectivity index (χ1n) is 26.6. The van der Waals surface area contributed by atoms with Gasteiger partial charge in [0.15, 0.2) is 11.2 Å². The first-order chi connectivity index (χ1) is 36.9. The molecule has 0 unspecified atom stereocenters. The molecule has 0 saturated heterocycles. The van der Waals surface area contributed by atoms with Crippen LogP contribution in [0.25, 0.3) is 104 Å². The van der Waals surface area contributed by atoms with Crippen molar-refractivity contribution >= 4 is 138 Å². The highest BCUT2D eigenvalue weighted by Crippen LogP contribution is 2.52. The third kappa shape index (κ3) is 6.03. The van der Waals surface area contributed by atoms with E-state index in [1.165, 1.54) is 49.0 Å². The molecule has 0 spiro atoms. The van der Waals surface area contributed by atoms with E-state index in [4.69, 9.17) is 12.9 Å². The Balaban J connectivity index is 1.01. The summed E-state index contributed by atoms with van der Waals surface area (Å²) in [6.07, 6.45) is 0. The molecule has 0 aliphatic carbocycles. The van der Waals surface area contributed by atoms with Crippen molar-refractivity contribution in [3.05, 3.63) is 221 Å². The SMILES string of the molecule is [2H]C([2H])([2H])c1cccc2c1oc1c(N(c3cc(C)cc(C)c3)c3ccc4cc5c6ccc(N(c7cc(C)cc(C)c7)c7cccc8c7oc7c(C)cccc78)c7c8c9ccccc9ccc8n(c5cc4c3)c67)cccc12. The van der Waals surface area contributed by atoms with Gasteiger partial charge in [-0.15, -0.1) is 0 Å². The normalized spacial score (nSPS) is 13.0. The highest BCUT2D eigenvalue weighted by Gasteiger charge is 2.28. The van der Waals surface area contributed by atoms with Crippen molar-refractivity contribution in [1.82, 2.24) is 4.40 Å². The second-order valence-corrected chi connectivity index (χ2v) is 20.3. The van der Waals surface area contributed by atoms with Crippen molar-refractivity contribution < 1.29 is 12.9 Å². The Morgan fingerprint density at radius 2 is 0.932 bits per heavy atom. The minimum Gasteiger partial charge on any atom is -0.454 e. The Labute approximate surface area is 425 Å². The number of anilines is 6. The molecular weight excluding hydrogens is 891 g/mol. The Kier molecular flexibility index (Phi) is 8.06. The molecule has 0 atom stereocenters. The molecule has 11 aromatic carbocycles. The van der Waals surface area contributed by atoms with Gasteiger partial charge in [0.1, 0.15) is 11.2 Å². The lowest BCUT2D eigenvalue weighted by Gasteiger charge is -2.27. The van der Waals surface area contributed by atoms with Crippen LogP contribution in [-0.4, -0.2) is 4.40 Å². The number of aromatic nitrogens is 1. The summed E-state index contributed by atoms with van der Waals surface area (Å²) in [6.45, 7) is 8.38. The van der Waals surface area contributed by atoms with Crippen LogP contribution in [0, 0.1) is 41.5 Å². The van der Waals surface area contributed by atoms with Crippen molar-refractivity contribution in [3.63, 3.8) is 0 Å². The molecule has 0 radical (unpaired) electrons. The monoisotopic (exact) mass is 942 g/mol. The highest BCUT2D eigenvalue weighted by molar-refractivity contribution is 6.33. The fourth-order valence-electron chi connectivity index (χ4n) is 12.5. The summed E-state index contributed by atoms with van der Waals surface area (Å²) in [7, 11) is 0. The van der Waals surface area contributed by atoms with Gasteiger partial charge in [-0.2, -0.15) is 0 Å². The van der Waals surface area contributed by atoms with E-state index in [9.17, 15) is 0 Å². The zero-order valence-corrected chi connectivity index (χ0v) is 41.1. The molecule has 4 heterocycles. The third-order valence-electron chi connectivity index (χ3n) is 15.4. The zero-order chi connectivity index (χ0) is 51.5. The van der Waals surface area contributed by atoms with E-state index in [-0.39, 0.29) is 5.56 Å². The predicted octanol–water partition coefficient (Wildman–Crippen LogP) is 19.7. The number of nitrogens with zero attached hydrogens (tertiary/aromatic N) is 3. The summed E-state index contributed by atoms with van der Waals surface area (Å²) in [4.78, 5) is 4.69. The van der Waals surface area contributed by atoms with Gasteiger partial charge in [-0.05, 0) is 169 Å². The molecular formula is C68H49N3O2. The molecule has 5 heteroatoms. The fraction of sp³-hybridized carbons (Fsp3) is 0.0882. The zero-order valence-electron chi connectivity index (χ0n) is 44.1. The first kappa shape index (κ1) is 38.7. The number of furan rings is 2. The lowest BCUT2D eigenvalue weighted by Crippen LogP contribution is -2.11. The van der Waals surface area contributed by atoms with E-state index >= 15 is 0 Å². The Morgan fingerprint density at radius 3 is 1.62 bits per heavy atom. The average molecular weight is 943 g/mol. The molecule has 15 aromatic rings. The summed E-state index contributed by atoms with van der Waals surface area (Å²) < 4.78 is 41.3. The van der Waals surface area contributed by atoms with E-state index in [0.29, 0.717) is 11.2 Å². The highest BCUT2D eigenvalue weighted by atomic mass is 16.3. The first-order valence-corrected chi connectivity index (χ1v) is 25.1. The van der Waals surface area contributed by atoms with E-state index in [1.807, 2.05) is 24.3 Å². The molecule has 0 bridgehead atoms. The average Bonchev–Trinajstić information content (AvgIpc) is 4.36. The quantitative estimate of drug-likeness (QED) is 0.166. The van der Waals surface area contributed by atoms with Gasteiger partial charge in [0, 0.05) is 64.3 Å². The van der Waals surface area contributed by atoms with Crippen LogP contribution in [0.15, 0.2) is 197 Å². The molecule has 0 N–H and O–H groups in total. The van der Waals surface area contributed by atoms with Crippen LogP contribution in [-0.2, 0) is 0 Å². The number of rotatable bonds is 6. The number of hydrogen-bond donors (Lipinski definition) is 0. The van der Waals surface area contributed by atoms with Gasteiger partial charge in [-0.1, -0.05) is 115 Å². The van der Waals surface area contributed by atoms with Crippen molar-refractivity contribution in [3.8, 4) is 0 Å². The van der Waals surface area contributed by atoms with Crippen LogP contribution in [0.3, 0.4) is 0 Å². The third-order valence-corrected chi connectivity index (χ3v) is 15.4. The summed E-state index contributed by atoms with van der Waals surface area (Å²) in [6, 6.07) is 67.3. The van der Waals surface area contributed by atoms with Gasteiger partial charge in [0.05, 0.1) is 33.6 Å². The summed E-state index contributed by atoms with van der Waals surface area (Å²) in [5, 5.41) is 13.2. The molecule has 0 aliphatic heterocycles. The van der Waals surface area contributed by atoms with Gasteiger partial charge < -0.3 is 23.0 Å². The maximum atomic E-state index is 8.38. The standard InChI is InChI=1S/C68H49N3O2/c1-38-29-39(2)32-48(31-38)69(59-21-11-19-54-52-17-9-13-42(5)65(52)72-67(54)59)47-25-23-45-36-56-51-26-28-58(63-62-50-16-8-7-15-44(50)24-27-57(62)71(64(51)63)61(56)37-46(45)35-47)70(49-33-40(3)30-41(4)34-49)60-22-12-20-55-53-18-10-14-43(6)66(53)73-68(55)60/h7-37H,1-6H3/i5D3. The summed E-state index contributed by atoms with van der Waals surface area (Å²) >= 11 is 0. The van der Waals surface area contributed by atoms with E-state index in [2.05, 4.69) is 207 Å². The minimum absolute atomic E-state index is 0.203. The number of para-hydroxylation sites is 4. The number of benzene rings is 11. The second-order valence-electron chi connectivity index (χ2n) is 20.3. The molecule has 5 nitrogen and oxygen atoms in total. The predicted molar refractivity (Wildman–Crippen MR) is 308 cm³/mol. The van der Waals surface area contributed by atoms with Crippen molar-refractivity contribution in [2.24, 2.45) is 0 Å². The molecule has 0 saturated carbocycles. The van der Waals surface area contributed by atoms with E-state index < -0.39 is 6.85 Å². The number of fused-ring (bicyclic) bond motifs is 15.